The molecule has 0 saturated heterocycles. The Labute approximate surface area is 183 Å². The Morgan fingerprint density at radius 3 is 2.52 bits per heavy atom. The first-order valence-electron chi connectivity index (χ1n) is 9.88. The average Bonchev–Trinajstić information content (AvgIpc) is 3.16. The maximum atomic E-state index is 15.2. The predicted octanol–water partition coefficient (Wildman–Crippen LogP) is 5.23. The summed E-state index contributed by atoms with van der Waals surface area (Å²) in [7, 11) is 0.154. The highest BCUT2D eigenvalue weighted by Gasteiger charge is 2.19. The molecule has 0 radical (unpaired) electrons. The predicted molar refractivity (Wildman–Crippen MR) is 122 cm³/mol. The molecule has 0 bridgehead atoms. The average molecular weight is 438 g/mol. The van der Waals surface area contributed by atoms with Gasteiger partial charge in [0, 0.05) is 17.3 Å². The van der Waals surface area contributed by atoms with Crippen LogP contribution in [0.3, 0.4) is 0 Å². The largest absolute Gasteiger partial charge is 0.482 e. The Balaban J connectivity index is 1.73. The second-order valence-electron chi connectivity index (χ2n) is 8.23. The third-order valence-corrected chi connectivity index (χ3v) is 6.26. The van der Waals surface area contributed by atoms with Crippen LogP contribution >= 0.6 is 0 Å². The normalized spacial score (nSPS) is 12.8. The summed E-state index contributed by atoms with van der Waals surface area (Å²) in [5.74, 6) is 0.222. The Morgan fingerprint density at radius 1 is 1.03 bits per heavy atom. The van der Waals surface area contributed by atoms with Gasteiger partial charge in [-0.25, -0.2) is 18.3 Å². The van der Waals surface area contributed by atoms with Gasteiger partial charge in [0.25, 0.3) is 0 Å². The molecule has 4 rings (SSSR count). The van der Waals surface area contributed by atoms with Crippen molar-refractivity contribution in [2.75, 3.05) is 7.11 Å². The minimum Gasteiger partial charge on any atom is -0.482 e. The molecule has 2 aromatic heterocycles. The smallest absolute Gasteiger partial charge is 0.198 e. The summed E-state index contributed by atoms with van der Waals surface area (Å²) in [6.07, 6.45) is 1.75. The van der Waals surface area contributed by atoms with Crippen molar-refractivity contribution in [2.45, 2.75) is 31.2 Å². The van der Waals surface area contributed by atoms with Crippen LogP contribution in [0.25, 0.3) is 28.0 Å². The van der Waals surface area contributed by atoms with Crippen molar-refractivity contribution < 1.29 is 13.3 Å². The van der Waals surface area contributed by atoms with Crippen LogP contribution in [0.4, 0.5) is 4.39 Å². The molecule has 2 aromatic carbocycles. The maximum Gasteiger partial charge on any atom is 0.198 e. The topological polar surface area (TPSA) is 55.6 Å². The molecule has 160 valence electrons. The number of aromatic nitrogens is 2. The number of imidazole rings is 1. The monoisotopic (exact) mass is 437 g/mol. The Morgan fingerprint density at radius 2 is 1.81 bits per heavy atom. The fourth-order valence-electron chi connectivity index (χ4n) is 3.37. The summed E-state index contributed by atoms with van der Waals surface area (Å²) in [6, 6.07) is 17.8. The van der Waals surface area contributed by atoms with Crippen LogP contribution in [-0.2, 0) is 11.0 Å². The molecule has 0 amide bonds. The zero-order valence-corrected chi connectivity index (χ0v) is 18.7. The molecule has 0 aliphatic heterocycles. The van der Waals surface area contributed by atoms with Crippen LogP contribution < -0.4 is 9.46 Å². The number of nitrogens with one attached hydrogen (secondary N) is 1. The number of benzene rings is 2. The summed E-state index contributed by atoms with van der Waals surface area (Å²) in [5, 5.41) is 0. The molecular formula is C24H24FN3O2S. The van der Waals surface area contributed by atoms with Gasteiger partial charge in [-0.15, -0.1) is 0 Å². The lowest BCUT2D eigenvalue weighted by Gasteiger charge is -2.20. The minimum absolute atomic E-state index is 0.322. The first-order chi connectivity index (χ1) is 14.8. The summed E-state index contributed by atoms with van der Waals surface area (Å²) in [4.78, 5) is 5.14. The Kier molecular flexibility index (Phi) is 5.64. The lowest BCUT2D eigenvalue weighted by molar-refractivity contribution is 0.392. The van der Waals surface area contributed by atoms with Gasteiger partial charge < -0.3 is 4.74 Å². The number of fused-ring (bicyclic) bond motifs is 1. The van der Waals surface area contributed by atoms with Gasteiger partial charge in [0.05, 0.1) is 17.7 Å². The highest BCUT2D eigenvalue weighted by atomic mass is 32.2. The van der Waals surface area contributed by atoms with Crippen LogP contribution in [0.5, 0.6) is 5.88 Å². The number of pyridine rings is 1. The van der Waals surface area contributed by atoms with Crippen molar-refractivity contribution in [2.24, 2.45) is 0 Å². The standard InChI is InChI=1S/C24H24FN3O2S/c1-24(2,3)27-31(29)21-9-6-5-8-17(21)16-12-13-18(19(25)14-16)20-15-28-22(26-20)10-7-11-23(28)30-4/h5-15,27H,1-4H3. The minimum atomic E-state index is -1.43. The van der Waals surface area contributed by atoms with Crippen LogP contribution in [0, 0.1) is 5.82 Å². The summed E-state index contributed by atoms with van der Waals surface area (Å²) < 4.78 is 38.2. The summed E-state index contributed by atoms with van der Waals surface area (Å²) in [6.45, 7) is 5.85. The second kappa shape index (κ2) is 8.24. The molecule has 0 aliphatic rings. The van der Waals surface area contributed by atoms with Crippen molar-refractivity contribution in [1.29, 1.82) is 0 Å². The molecule has 0 aliphatic carbocycles. The van der Waals surface area contributed by atoms with Crippen molar-refractivity contribution in [3.05, 3.63) is 72.7 Å². The van der Waals surface area contributed by atoms with E-state index in [4.69, 9.17) is 4.74 Å². The summed E-state index contributed by atoms with van der Waals surface area (Å²) in [5.41, 5.74) is 2.63. The molecule has 4 aromatic rings. The summed E-state index contributed by atoms with van der Waals surface area (Å²) >= 11 is 0. The van der Waals surface area contributed by atoms with Gasteiger partial charge in [0.15, 0.2) is 5.88 Å². The number of nitrogens with zero attached hydrogens (tertiary/aromatic N) is 2. The molecule has 5 nitrogen and oxygen atoms in total. The van der Waals surface area contributed by atoms with Gasteiger partial charge in [-0.2, -0.15) is 0 Å². The van der Waals surface area contributed by atoms with Crippen LogP contribution in [0.1, 0.15) is 20.8 Å². The first kappa shape index (κ1) is 21.2. The Bertz CT molecular complexity index is 1280. The molecule has 1 atom stereocenters. The van der Waals surface area contributed by atoms with E-state index in [0.29, 0.717) is 33.2 Å². The van der Waals surface area contributed by atoms with E-state index in [2.05, 4.69) is 9.71 Å². The molecule has 2 heterocycles. The highest BCUT2D eigenvalue weighted by molar-refractivity contribution is 7.83. The third kappa shape index (κ3) is 4.38. The van der Waals surface area contributed by atoms with Gasteiger partial charge in [-0.3, -0.25) is 4.40 Å². The lowest BCUT2D eigenvalue weighted by atomic mass is 10.0. The van der Waals surface area contributed by atoms with E-state index in [9.17, 15) is 4.21 Å². The quantitative estimate of drug-likeness (QED) is 0.465. The number of methoxy groups -OCH3 is 1. The van der Waals surface area contributed by atoms with Crippen LogP contribution in [0.2, 0.25) is 0 Å². The number of hydrogen-bond acceptors (Lipinski definition) is 3. The van der Waals surface area contributed by atoms with Crippen LogP contribution in [-0.4, -0.2) is 26.2 Å². The van der Waals surface area contributed by atoms with Gasteiger partial charge >= 0.3 is 0 Å². The molecule has 0 spiro atoms. The van der Waals surface area contributed by atoms with Gasteiger partial charge in [-0.05, 0) is 62.2 Å². The molecule has 31 heavy (non-hydrogen) atoms. The molecule has 7 heteroatoms. The third-order valence-electron chi connectivity index (χ3n) is 4.71. The van der Waals surface area contributed by atoms with E-state index in [1.54, 1.807) is 29.8 Å². The van der Waals surface area contributed by atoms with Crippen LogP contribution in [0.15, 0.2) is 71.8 Å². The zero-order valence-electron chi connectivity index (χ0n) is 17.8. The molecule has 1 N–H and O–H groups in total. The fourth-order valence-corrected chi connectivity index (χ4v) is 4.63. The van der Waals surface area contributed by atoms with Crippen molar-refractivity contribution in [1.82, 2.24) is 14.1 Å². The van der Waals surface area contributed by atoms with Crippen molar-refractivity contribution >= 4 is 16.6 Å². The zero-order chi connectivity index (χ0) is 22.2. The second-order valence-corrected chi connectivity index (χ2v) is 9.42. The van der Waals surface area contributed by atoms with E-state index >= 15 is 4.39 Å². The molecular weight excluding hydrogens is 413 g/mol. The first-order valence-corrected chi connectivity index (χ1v) is 11.0. The van der Waals surface area contributed by atoms with Crippen molar-refractivity contribution in [3.63, 3.8) is 0 Å². The van der Waals surface area contributed by atoms with E-state index in [1.807, 2.05) is 63.2 Å². The Hall–Kier alpha value is -3.03. The van der Waals surface area contributed by atoms with Crippen molar-refractivity contribution in [3.8, 4) is 28.3 Å². The number of halogens is 1. The number of ether oxygens (including phenoxy) is 1. The highest BCUT2D eigenvalue weighted by Crippen LogP contribution is 2.31. The van der Waals surface area contributed by atoms with E-state index in [1.165, 1.54) is 6.07 Å². The van der Waals surface area contributed by atoms with Gasteiger partial charge in [0.1, 0.15) is 22.5 Å². The van der Waals surface area contributed by atoms with Gasteiger partial charge in [-0.1, -0.05) is 30.3 Å². The SMILES string of the molecule is COc1cccc2nc(-c3ccc(-c4ccccc4S(=O)NC(C)(C)C)cc3F)cn12. The van der Waals surface area contributed by atoms with E-state index in [0.717, 1.165) is 5.56 Å². The molecule has 1 unspecified atom stereocenters. The van der Waals surface area contributed by atoms with Gasteiger partial charge in [0.2, 0.25) is 0 Å². The number of hydrogen-bond donors (Lipinski definition) is 1. The molecule has 0 fully saturated rings. The van der Waals surface area contributed by atoms with E-state index in [-0.39, 0.29) is 5.54 Å². The molecule has 0 saturated carbocycles. The van der Waals surface area contributed by atoms with E-state index < -0.39 is 16.8 Å². The maximum absolute atomic E-state index is 15.2. The number of rotatable bonds is 5. The lowest BCUT2D eigenvalue weighted by Crippen LogP contribution is -2.37. The fraction of sp³-hybridized carbons (Fsp3) is 0.208.